The molecule has 0 N–H and O–H groups in total. The number of hydrogen-bond donors (Lipinski definition) is 0. The molecule has 1 rings (SSSR count). The molecular formula is C9H18SSeTe. The molecule has 12 heavy (non-hydrogen) atoms. The van der Waals surface area contributed by atoms with Crippen molar-refractivity contribution in [2.45, 2.75) is 38.8 Å². The van der Waals surface area contributed by atoms with Gasteiger partial charge in [-0.25, -0.2) is 0 Å². The first-order valence-electron chi connectivity index (χ1n) is 4.73. The van der Waals surface area contributed by atoms with E-state index in [2.05, 4.69) is 11.8 Å². The molecule has 0 unspecified atom stereocenters. The van der Waals surface area contributed by atoms with Crippen LogP contribution in [0.4, 0.5) is 0 Å². The van der Waals surface area contributed by atoms with Crippen LogP contribution in [0.1, 0.15) is 19.3 Å². The van der Waals surface area contributed by atoms with Gasteiger partial charge in [0.05, 0.1) is 0 Å². The summed E-state index contributed by atoms with van der Waals surface area (Å²) in [5.41, 5.74) is 0. The zero-order chi connectivity index (χ0) is 8.49. The molecule has 0 aromatic rings. The SMILES string of the molecule is C1CSCCC[Te]CCC[Se]C1. The van der Waals surface area contributed by atoms with Gasteiger partial charge in [-0.3, -0.25) is 0 Å². The van der Waals surface area contributed by atoms with Crippen molar-refractivity contribution in [1.29, 1.82) is 0 Å². The summed E-state index contributed by atoms with van der Waals surface area (Å²) < 4.78 is 3.25. The van der Waals surface area contributed by atoms with Crippen molar-refractivity contribution in [3.8, 4) is 0 Å². The van der Waals surface area contributed by atoms with E-state index in [1.807, 2.05) is 0 Å². The fourth-order valence-corrected chi connectivity index (χ4v) is 8.72. The zero-order valence-corrected chi connectivity index (χ0v) is 12.4. The van der Waals surface area contributed by atoms with Crippen LogP contribution in [0.5, 0.6) is 0 Å². The Kier molecular flexibility index (Phi) is 9.02. The van der Waals surface area contributed by atoms with Gasteiger partial charge >= 0.3 is 98.0 Å². The average Bonchev–Trinajstić information content (AvgIpc) is 2.05. The minimum absolute atomic E-state index is 0.455. The summed E-state index contributed by atoms with van der Waals surface area (Å²) in [6, 6.07) is 0. The Morgan fingerprint density at radius 1 is 0.917 bits per heavy atom. The molecule has 72 valence electrons. The van der Waals surface area contributed by atoms with E-state index in [0.717, 1.165) is 15.0 Å². The third kappa shape index (κ3) is 7.10. The van der Waals surface area contributed by atoms with Crippen LogP contribution in [0.15, 0.2) is 0 Å². The van der Waals surface area contributed by atoms with Crippen molar-refractivity contribution in [2.75, 3.05) is 11.5 Å². The van der Waals surface area contributed by atoms with Gasteiger partial charge in [0, 0.05) is 0 Å². The van der Waals surface area contributed by atoms with Gasteiger partial charge in [0.1, 0.15) is 0 Å². The van der Waals surface area contributed by atoms with Crippen LogP contribution in [0.25, 0.3) is 0 Å². The second kappa shape index (κ2) is 9.22. The van der Waals surface area contributed by atoms with Crippen LogP contribution in [-0.2, 0) is 0 Å². The van der Waals surface area contributed by atoms with E-state index in [9.17, 15) is 0 Å². The molecule has 1 heterocycles. The maximum absolute atomic E-state index is 2.20. The molecule has 0 aliphatic carbocycles. The first kappa shape index (κ1) is 11.7. The summed E-state index contributed by atoms with van der Waals surface area (Å²) in [4.78, 5) is 0. The molecule has 0 saturated carbocycles. The molecule has 0 bridgehead atoms. The summed E-state index contributed by atoms with van der Waals surface area (Å²) in [5.74, 6) is 2.90. The van der Waals surface area contributed by atoms with Crippen molar-refractivity contribution in [2.24, 2.45) is 0 Å². The summed E-state index contributed by atoms with van der Waals surface area (Å²) in [6.07, 6.45) is 4.61. The third-order valence-electron chi connectivity index (χ3n) is 1.73. The van der Waals surface area contributed by atoms with Crippen LogP contribution < -0.4 is 0 Å². The molecule has 1 aliphatic heterocycles. The molecular weight excluding hydrogens is 347 g/mol. The van der Waals surface area contributed by atoms with Crippen molar-refractivity contribution >= 4 is 47.6 Å². The van der Waals surface area contributed by atoms with Gasteiger partial charge in [0.15, 0.2) is 0 Å². The van der Waals surface area contributed by atoms with E-state index in [-0.39, 0.29) is 0 Å². The fraction of sp³-hybridized carbons (Fsp3) is 1.00. The molecule has 0 atom stereocenters. The first-order valence-corrected chi connectivity index (χ1v) is 11.6. The standard InChI is InChI=1S/C9H18SSeTe/c1-4-10-5-2-8-12-9-3-7-11-6-1/h1-9H2. The van der Waals surface area contributed by atoms with E-state index in [0.29, 0.717) is 20.9 Å². The molecule has 0 aromatic carbocycles. The van der Waals surface area contributed by atoms with Crippen molar-refractivity contribution in [1.82, 2.24) is 0 Å². The Bertz CT molecular complexity index is 57.5. The Morgan fingerprint density at radius 3 is 2.67 bits per heavy atom. The van der Waals surface area contributed by atoms with Crippen molar-refractivity contribution in [3.05, 3.63) is 0 Å². The molecule has 3 heteroatoms. The summed E-state index contributed by atoms with van der Waals surface area (Å²) >= 11 is 3.66. The average molecular weight is 365 g/mol. The van der Waals surface area contributed by atoms with Crippen LogP contribution in [0.3, 0.4) is 0 Å². The van der Waals surface area contributed by atoms with Gasteiger partial charge in [-0.05, 0) is 0 Å². The Hall–Kier alpha value is 1.66. The number of rotatable bonds is 0. The second-order valence-electron chi connectivity index (χ2n) is 2.90. The van der Waals surface area contributed by atoms with Crippen LogP contribution >= 0.6 is 11.8 Å². The molecule has 1 aliphatic rings. The third-order valence-corrected chi connectivity index (χ3v) is 8.61. The Labute approximate surface area is 97.3 Å². The normalized spacial score (nSPS) is 24.0. The maximum atomic E-state index is 2.20. The molecule has 0 nitrogen and oxygen atoms in total. The van der Waals surface area contributed by atoms with Crippen LogP contribution in [-0.4, -0.2) is 47.4 Å². The van der Waals surface area contributed by atoms with E-state index >= 15 is 0 Å². The molecule has 0 radical (unpaired) electrons. The van der Waals surface area contributed by atoms with Crippen LogP contribution in [0, 0.1) is 0 Å². The van der Waals surface area contributed by atoms with E-state index in [1.165, 1.54) is 24.3 Å². The van der Waals surface area contributed by atoms with Gasteiger partial charge in [0.2, 0.25) is 0 Å². The summed E-state index contributed by atoms with van der Waals surface area (Å²) in [6.45, 7) is 0. The molecule has 0 aromatic heterocycles. The zero-order valence-electron chi connectivity index (χ0n) is 7.59. The van der Waals surface area contributed by atoms with E-state index in [1.54, 1.807) is 26.0 Å². The van der Waals surface area contributed by atoms with Gasteiger partial charge in [-0.1, -0.05) is 0 Å². The van der Waals surface area contributed by atoms with Gasteiger partial charge < -0.3 is 0 Å². The Balaban J connectivity index is 2.00. The predicted molar refractivity (Wildman–Crippen MR) is 61.9 cm³/mol. The van der Waals surface area contributed by atoms with Gasteiger partial charge in [-0.2, -0.15) is 0 Å². The molecule has 1 fully saturated rings. The summed E-state index contributed by atoms with van der Waals surface area (Å²) in [5, 5.41) is 3.14. The molecule has 0 amide bonds. The molecule has 0 spiro atoms. The van der Waals surface area contributed by atoms with E-state index < -0.39 is 0 Å². The number of thioether (sulfide) groups is 1. The molecule has 1 saturated heterocycles. The second-order valence-corrected chi connectivity index (χ2v) is 10.2. The first-order chi connectivity index (χ1) is 6.00. The number of hydrogen-bond acceptors (Lipinski definition) is 1. The van der Waals surface area contributed by atoms with Crippen molar-refractivity contribution in [3.63, 3.8) is 0 Å². The Morgan fingerprint density at radius 2 is 1.67 bits per heavy atom. The van der Waals surface area contributed by atoms with Crippen LogP contribution in [0.2, 0.25) is 19.6 Å². The monoisotopic (exact) mass is 368 g/mol. The van der Waals surface area contributed by atoms with Gasteiger partial charge in [0.25, 0.3) is 0 Å². The van der Waals surface area contributed by atoms with Crippen molar-refractivity contribution < 1.29 is 0 Å². The van der Waals surface area contributed by atoms with Gasteiger partial charge in [-0.15, -0.1) is 0 Å². The topological polar surface area (TPSA) is 0 Å². The minimum atomic E-state index is 0.455. The fourth-order valence-electron chi connectivity index (χ4n) is 1.10. The quantitative estimate of drug-likeness (QED) is 0.595. The predicted octanol–water partition coefficient (Wildman–Crippen LogP) is 2.99. The van der Waals surface area contributed by atoms with E-state index in [4.69, 9.17) is 0 Å². The summed E-state index contributed by atoms with van der Waals surface area (Å²) in [7, 11) is 0.